The zero-order chi connectivity index (χ0) is 27.8. The average Bonchev–Trinajstić information content (AvgIpc) is 2.80. The van der Waals surface area contributed by atoms with Gasteiger partial charge in [-0.3, -0.25) is 9.59 Å². The summed E-state index contributed by atoms with van der Waals surface area (Å²) < 4.78 is 5.35. The van der Waals surface area contributed by atoms with Gasteiger partial charge in [-0.25, -0.2) is 4.79 Å². The minimum absolute atomic E-state index is 0.299. The van der Waals surface area contributed by atoms with Crippen LogP contribution in [0, 0.1) is 20.8 Å². The molecule has 7 nitrogen and oxygen atoms in total. The summed E-state index contributed by atoms with van der Waals surface area (Å²) in [7, 11) is 0. The molecule has 0 bridgehead atoms. The van der Waals surface area contributed by atoms with Crippen LogP contribution in [0.3, 0.4) is 0 Å². The average molecular weight is 510 g/mol. The lowest BCUT2D eigenvalue weighted by Crippen LogP contribution is -2.51. The Labute approximate surface area is 222 Å². The maximum absolute atomic E-state index is 13.9. The SMILES string of the molecule is CCCCCN(C(=O)C(C)NC(=O)OC(C)(C)C)C(C(=O)Nc1ccccc1C)c1ccc(C)c(C)c1. The number of ether oxygens (including phenoxy) is 1. The molecule has 0 saturated heterocycles. The van der Waals surface area contributed by atoms with Gasteiger partial charge in [0.15, 0.2) is 0 Å². The van der Waals surface area contributed by atoms with Gasteiger partial charge in [-0.15, -0.1) is 0 Å². The predicted molar refractivity (Wildman–Crippen MR) is 149 cm³/mol. The summed E-state index contributed by atoms with van der Waals surface area (Å²) in [4.78, 5) is 41.7. The van der Waals surface area contributed by atoms with Crippen molar-refractivity contribution in [1.82, 2.24) is 10.2 Å². The summed E-state index contributed by atoms with van der Waals surface area (Å²) in [6.07, 6.45) is 1.95. The van der Waals surface area contributed by atoms with Gasteiger partial charge in [-0.1, -0.05) is 56.2 Å². The molecule has 2 atom stereocenters. The van der Waals surface area contributed by atoms with Crippen molar-refractivity contribution in [1.29, 1.82) is 0 Å². The lowest BCUT2D eigenvalue weighted by atomic mass is 9.98. The van der Waals surface area contributed by atoms with Gasteiger partial charge >= 0.3 is 6.09 Å². The molecule has 0 heterocycles. The molecule has 2 aromatic rings. The van der Waals surface area contributed by atoms with E-state index in [-0.39, 0.29) is 11.8 Å². The van der Waals surface area contributed by atoms with Crippen LogP contribution in [-0.2, 0) is 14.3 Å². The summed E-state index contributed by atoms with van der Waals surface area (Å²) >= 11 is 0. The minimum Gasteiger partial charge on any atom is -0.444 e. The lowest BCUT2D eigenvalue weighted by Gasteiger charge is -2.34. The fourth-order valence-corrected chi connectivity index (χ4v) is 4.02. The van der Waals surface area contributed by atoms with Crippen LogP contribution in [0.4, 0.5) is 10.5 Å². The van der Waals surface area contributed by atoms with E-state index in [1.54, 1.807) is 32.6 Å². The predicted octanol–water partition coefficient (Wildman–Crippen LogP) is 6.22. The molecule has 37 heavy (non-hydrogen) atoms. The van der Waals surface area contributed by atoms with E-state index in [1.807, 2.05) is 63.2 Å². The van der Waals surface area contributed by atoms with Crippen molar-refractivity contribution in [3.05, 3.63) is 64.7 Å². The Kier molecular flexibility index (Phi) is 10.7. The summed E-state index contributed by atoms with van der Waals surface area (Å²) in [5, 5.41) is 5.68. The molecule has 2 aromatic carbocycles. The van der Waals surface area contributed by atoms with Crippen molar-refractivity contribution in [2.24, 2.45) is 0 Å². The van der Waals surface area contributed by atoms with Gasteiger partial charge in [0.25, 0.3) is 5.91 Å². The number of alkyl carbamates (subject to hydrolysis) is 1. The molecule has 0 fully saturated rings. The number of carbonyl (C=O) groups excluding carboxylic acids is 3. The van der Waals surface area contributed by atoms with Gasteiger partial charge in [0.05, 0.1) is 0 Å². The van der Waals surface area contributed by atoms with E-state index in [0.29, 0.717) is 12.2 Å². The van der Waals surface area contributed by atoms with Crippen LogP contribution in [-0.4, -0.2) is 41.0 Å². The third-order valence-electron chi connectivity index (χ3n) is 6.20. The fraction of sp³-hybridized carbons (Fsp3) is 0.500. The molecule has 2 unspecified atom stereocenters. The summed E-state index contributed by atoms with van der Waals surface area (Å²) in [5.74, 6) is -0.642. The van der Waals surface area contributed by atoms with Crippen molar-refractivity contribution < 1.29 is 19.1 Å². The first-order valence-corrected chi connectivity index (χ1v) is 13.1. The number of hydrogen-bond donors (Lipinski definition) is 2. The van der Waals surface area contributed by atoms with E-state index < -0.39 is 23.8 Å². The molecular formula is C30H43N3O4. The van der Waals surface area contributed by atoms with E-state index in [1.165, 1.54) is 0 Å². The number of hydrogen-bond acceptors (Lipinski definition) is 4. The Bertz CT molecular complexity index is 1090. The van der Waals surface area contributed by atoms with Gasteiger partial charge in [0.1, 0.15) is 17.7 Å². The van der Waals surface area contributed by atoms with Crippen molar-refractivity contribution >= 4 is 23.6 Å². The Hall–Kier alpha value is -3.35. The minimum atomic E-state index is -0.878. The number of nitrogens with one attached hydrogen (secondary N) is 2. The monoisotopic (exact) mass is 509 g/mol. The Morgan fingerprint density at radius 3 is 2.22 bits per heavy atom. The largest absolute Gasteiger partial charge is 0.444 e. The molecule has 0 spiro atoms. The smallest absolute Gasteiger partial charge is 0.408 e. The van der Waals surface area contributed by atoms with Crippen molar-refractivity contribution in [2.75, 3.05) is 11.9 Å². The Morgan fingerprint density at radius 1 is 0.946 bits per heavy atom. The van der Waals surface area contributed by atoms with Crippen LogP contribution in [0.2, 0.25) is 0 Å². The van der Waals surface area contributed by atoms with Gasteiger partial charge in [-0.05, 0) is 83.2 Å². The van der Waals surface area contributed by atoms with Gasteiger partial charge < -0.3 is 20.3 Å². The molecule has 0 aromatic heterocycles. The normalized spacial score (nSPS) is 12.9. The van der Waals surface area contributed by atoms with Gasteiger partial charge in [-0.2, -0.15) is 0 Å². The second-order valence-electron chi connectivity index (χ2n) is 10.7. The second kappa shape index (κ2) is 13.3. The van der Waals surface area contributed by atoms with Crippen molar-refractivity contribution in [3.8, 4) is 0 Å². The first kappa shape index (κ1) is 29.9. The highest BCUT2D eigenvalue weighted by atomic mass is 16.6. The molecule has 0 radical (unpaired) electrons. The third-order valence-corrected chi connectivity index (χ3v) is 6.20. The standard InChI is InChI=1S/C30H43N3O4/c1-9-10-13-18-33(28(35)23(5)31-29(36)37-30(6,7)8)26(24-17-16-20(2)22(4)19-24)27(34)32-25-15-12-11-14-21(25)3/h11-12,14-17,19,23,26H,9-10,13,18H2,1-8H3,(H,31,36)(H,32,34). The highest BCUT2D eigenvalue weighted by Crippen LogP contribution is 2.27. The number of nitrogens with zero attached hydrogens (tertiary/aromatic N) is 1. The Balaban J connectivity index is 2.47. The topological polar surface area (TPSA) is 87.7 Å². The summed E-state index contributed by atoms with van der Waals surface area (Å²) in [5.41, 5.74) is 3.80. The number of aryl methyl sites for hydroxylation is 3. The zero-order valence-corrected chi connectivity index (χ0v) is 23.6. The number of carbonyl (C=O) groups is 3. The molecule has 0 aliphatic rings. The maximum atomic E-state index is 13.9. The van der Waals surface area contributed by atoms with Crippen LogP contribution in [0.15, 0.2) is 42.5 Å². The van der Waals surface area contributed by atoms with E-state index >= 15 is 0 Å². The van der Waals surface area contributed by atoms with Crippen LogP contribution in [0.1, 0.15) is 82.2 Å². The van der Waals surface area contributed by atoms with E-state index in [9.17, 15) is 14.4 Å². The van der Waals surface area contributed by atoms with E-state index in [4.69, 9.17) is 4.74 Å². The molecule has 7 heteroatoms. The summed E-state index contributed by atoms with van der Waals surface area (Å²) in [6, 6.07) is 11.6. The number of benzene rings is 2. The van der Waals surface area contributed by atoms with Crippen LogP contribution in [0.25, 0.3) is 0 Å². The first-order chi connectivity index (χ1) is 17.3. The molecule has 0 saturated carbocycles. The lowest BCUT2D eigenvalue weighted by molar-refractivity contribution is -0.140. The molecule has 2 N–H and O–H groups in total. The number of unbranched alkanes of at least 4 members (excludes halogenated alkanes) is 2. The molecule has 3 amide bonds. The number of rotatable bonds is 10. The molecule has 0 aliphatic heterocycles. The fourth-order valence-electron chi connectivity index (χ4n) is 4.02. The maximum Gasteiger partial charge on any atom is 0.408 e. The second-order valence-corrected chi connectivity index (χ2v) is 10.7. The number of amides is 3. The molecule has 0 aliphatic carbocycles. The van der Waals surface area contributed by atoms with Crippen molar-refractivity contribution in [2.45, 2.75) is 92.3 Å². The molecular weight excluding hydrogens is 466 g/mol. The Morgan fingerprint density at radius 2 is 1.62 bits per heavy atom. The number of para-hydroxylation sites is 1. The first-order valence-electron chi connectivity index (χ1n) is 13.1. The highest BCUT2D eigenvalue weighted by molar-refractivity contribution is 5.99. The molecule has 2 rings (SSSR count). The molecule has 202 valence electrons. The summed E-state index contributed by atoms with van der Waals surface area (Å²) in [6.45, 7) is 15.3. The number of anilines is 1. The van der Waals surface area contributed by atoms with Crippen LogP contribution in [0.5, 0.6) is 0 Å². The van der Waals surface area contributed by atoms with Crippen molar-refractivity contribution in [3.63, 3.8) is 0 Å². The van der Waals surface area contributed by atoms with Gasteiger partial charge in [0.2, 0.25) is 5.91 Å². The zero-order valence-electron chi connectivity index (χ0n) is 23.6. The third kappa shape index (κ3) is 8.92. The highest BCUT2D eigenvalue weighted by Gasteiger charge is 2.34. The van der Waals surface area contributed by atoms with Crippen LogP contribution >= 0.6 is 0 Å². The van der Waals surface area contributed by atoms with E-state index in [0.717, 1.165) is 41.5 Å². The van der Waals surface area contributed by atoms with Gasteiger partial charge in [0, 0.05) is 12.2 Å². The van der Waals surface area contributed by atoms with E-state index in [2.05, 4.69) is 17.6 Å². The van der Waals surface area contributed by atoms with Crippen LogP contribution < -0.4 is 10.6 Å². The quantitative estimate of drug-likeness (QED) is 0.372.